The van der Waals surface area contributed by atoms with Gasteiger partial charge in [0.25, 0.3) is 0 Å². The molecule has 2 aromatic carbocycles. The second-order valence-corrected chi connectivity index (χ2v) is 5.70. The molecule has 0 fully saturated rings. The van der Waals surface area contributed by atoms with Gasteiger partial charge in [0.15, 0.2) is 0 Å². The molecule has 94 valence electrons. The molecule has 1 N–H and O–H groups in total. The van der Waals surface area contributed by atoms with Crippen LogP contribution in [0.2, 0.25) is 0 Å². The lowest BCUT2D eigenvalue weighted by atomic mass is 10.2. The fourth-order valence-electron chi connectivity index (χ4n) is 1.56. The van der Waals surface area contributed by atoms with Crippen LogP contribution in [0.5, 0.6) is 11.5 Å². The molecule has 0 aliphatic rings. The fourth-order valence-corrected chi connectivity index (χ4v) is 2.85. The Kier molecular flexibility index (Phi) is 4.55. The fraction of sp³-hybridized carbons (Fsp3) is 0.143. The van der Waals surface area contributed by atoms with E-state index in [1.54, 1.807) is 31.0 Å². The van der Waals surface area contributed by atoms with Crippen molar-refractivity contribution in [2.75, 3.05) is 7.11 Å². The van der Waals surface area contributed by atoms with E-state index in [9.17, 15) is 5.11 Å². The van der Waals surface area contributed by atoms with E-state index in [0.29, 0.717) is 5.75 Å². The van der Waals surface area contributed by atoms with Crippen molar-refractivity contribution < 1.29 is 9.84 Å². The number of benzene rings is 2. The van der Waals surface area contributed by atoms with Gasteiger partial charge in [0.1, 0.15) is 11.5 Å². The minimum Gasteiger partial charge on any atom is -0.508 e. The van der Waals surface area contributed by atoms with Gasteiger partial charge in [-0.3, -0.25) is 0 Å². The third-order valence-corrected chi connectivity index (χ3v) is 4.03. The molecule has 2 aromatic rings. The van der Waals surface area contributed by atoms with Crippen molar-refractivity contribution in [2.24, 2.45) is 0 Å². The van der Waals surface area contributed by atoms with Gasteiger partial charge in [-0.05, 0) is 42.5 Å². The van der Waals surface area contributed by atoms with Crippen molar-refractivity contribution >= 4 is 27.7 Å². The smallest absolute Gasteiger partial charge is 0.122 e. The predicted octanol–water partition coefficient (Wildman–Crippen LogP) is 4.46. The number of thioether (sulfide) groups is 1. The summed E-state index contributed by atoms with van der Waals surface area (Å²) in [4.78, 5) is 1.12. The first-order chi connectivity index (χ1) is 8.69. The number of halogens is 1. The summed E-state index contributed by atoms with van der Waals surface area (Å²) in [5.41, 5.74) is 1.14. The number of methoxy groups -OCH3 is 1. The Labute approximate surface area is 119 Å². The molecule has 0 heterocycles. The molecule has 2 nitrogen and oxygen atoms in total. The first-order valence-electron chi connectivity index (χ1n) is 5.43. The molecule has 0 bridgehead atoms. The maximum Gasteiger partial charge on any atom is 0.122 e. The lowest BCUT2D eigenvalue weighted by Crippen LogP contribution is -1.90. The van der Waals surface area contributed by atoms with Crippen LogP contribution in [-0.4, -0.2) is 12.2 Å². The highest BCUT2D eigenvalue weighted by atomic mass is 79.9. The van der Waals surface area contributed by atoms with Crippen molar-refractivity contribution in [1.29, 1.82) is 0 Å². The molecule has 0 aliphatic heterocycles. The summed E-state index contributed by atoms with van der Waals surface area (Å²) < 4.78 is 6.38. The first-order valence-corrected chi connectivity index (χ1v) is 7.21. The van der Waals surface area contributed by atoms with Crippen molar-refractivity contribution in [2.45, 2.75) is 10.6 Å². The molecule has 0 amide bonds. The molecule has 0 saturated carbocycles. The van der Waals surface area contributed by atoms with Crippen LogP contribution in [0.4, 0.5) is 0 Å². The summed E-state index contributed by atoms with van der Waals surface area (Å²) in [6.45, 7) is 0. The van der Waals surface area contributed by atoms with E-state index in [4.69, 9.17) is 4.74 Å². The maximum absolute atomic E-state index is 9.23. The number of hydrogen-bond acceptors (Lipinski definition) is 3. The Morgan fingerprint density at radius 1 is 1.17 bits per heavy atom. The predicted molar refractivity (Wildman–Crippen MR) is 78.4 cm³/mol. The first kappa shape index (κ1) is 13.3. The normalized spacial score (nSPS) is 10.3. The summed E-state index contributed by atoms with van der Waals surface area (Å²) in [5, 5.41) is 9.23. The number of aromatic hydroxyl groups is 1. The average molecular weight is 325 g/mol. The van der Waals surface area contributed by atoms with Gasteiger partial charge in [-0.15, -0.1) is 11.8 Å². The SMILES string of the molecule is COc1ccc(Br)cc1CSc1ccc(O)cc1. The lowest BCUT2D eigenvalue weighted by Gasteiger charge is -2.08. The van der Waals surface area contributed by atoms with E-state index in [1.807, 2.05) is 24.3 Å². The highest BCUT2D eigenvalue weighted by Crippen LogP contribution is 2.30. The number of rotatable bonds is 4. The number of phenols is 1. The Bertz CT molecular complexity index is 526. The minimum absolute atomic E-state index is 0.291. The van der Waals surface area contributed by atoms with Crippen molar-refractivity contribution in [3.8, 4) is 11.5 Å². The largest absolute Gasteiger partial charge is 0.508 e. The zero-order valence-electron chi connectivity index (χ0n) is 9.89. The number of phenolic OH excluding ortho intramolecular Hbond substituents is 1. The molecule has 18 heavy (non-hydrogen) atoms. The van der Waals surface area contributed by atoms with E-state index in [-0.39, 0.29) is 0 Å². The second kappa shape index (κ2) is 6.16. The molecule has 0 radical (unpaired) electrons. The van der Waals surface area contributed by atoms with Gasteiger partial charge in [0.05, 0.1) is 7.11 Å². The molecule has 0 saturated heterocycles. The summed E-state index contributed by atoms with van der Waals surface area (Å²) in [7, 11) is 1.68. The highest BCUT2D eigenvalue weighted by molar-refractivity contribution is 9.10. The van der Waals surface area contributed by atoms with Gasteiger partial charge in [-0.2, -0.15) is 0 Å². The van der Waals surface area contributed by atoms with E-state index in [0.717, 1.165) is 26.4 Å². The Morgan fingerprint density at radius 3 is 2.56 bits per heavy atom. The Morgan fingerprint density at radius 2 is 1.89 bits per heavy atom. The molecule has 4 heteroatoms. The molecule has 2 rings (SSSR count). The van der Waals surface area contributed by atoms with Crippen molar-refractivity contribution in [3.63, 3.8) is 0 Å². The molecule has 0 aliphatic carbocycles. The van der Waals surface area contributed by atoms with Crippen molar-refractivity contribution in [1.82, 2.24) is 0 Å². The molecule has 0 aromatic heterocycles. The molecule has 0 spiro atoms. The van der Waals surface area contributed by atoms with Crippen molar-refractivity contribution in [3.05, 3.63) is 52.5 Å². The second-order valence-electron chi connectivity index (χ2n) is 3.74. The van der Waals surface area contributed by atoms with Crippen LogP contribution >= 0.6 is 27.7 Å². The van der Waals surface area contributed by atoms with Crippen LogP contribution in [0.15, 0.2) is 51.8 Å². The minimum atomic E-state index is 0.291. The van der Waals surface area contributed by atoms with Crippen LogP contribution < -0.4 is 4.74 Å². The summed E-state index contributed by atoms with van der Waals surface area (Å²) in [6, 6.07) is 13.2. The zero-order chi connectivity index (χ0) is 13.0. The lowest BCUT2D eigenvalue weighted by molar-refractivity contribution is 0.411. The van der Waals surface area contributed by atoms with E-state index < -0.39 is 0 Å². The quantitative estimate of drug-likeness (QED) is 0.842. The highest BCUT2D eigenvalue weighted by Gasteiger charge is 2.04. The molecular weight excluding hydrogens is 312 g/mol. The van der Waals surface area contributed by atoms with Gasteiger partial charge in [-0.1, -0.05) is 15.9 Å². The van der Waals surface area contributed by atoms with Gasteiger partial charge in [-0.25, -0.2) is 0 Å². The van der Waals surface area contributed by atoms with Crippen LogP contribution in [0.1, 0.15) is 5.56 Å². The summed E-state index contributed by atoms with van der Waals surface area (Å²) >= 11 is 5.17. The Hall–Kier alpha value is -1.13. The maximum atomic E-state index is 9.23. The third-order valence-electron chi connectivity index (χ3n) is 2.47. The number of ether oxygens (including phenoxy) is 1. The monoisotopic (exact) mass is 324 g/mol. The average Bonchev–Trinajstić information content (AvgIpc) is 2.38. The molecule has 0 atom stereocenters. The van der Waals surface area contributed by atoms with Gasteiger partial charge in [0, 0.05) is 20.7 Å². The van der Waals surface area contributed by atoms with Gasteiger partial charge in [0.2, 0.25) is 0 Å². The van der Waals surface area contributed by atoms with Crippen LogP contribution in [0.25, 0.3) is 0 Å². The van der Waals surface area contributed by atoms with Gasteiger partial charge >= 0.3 is 0 Å². The Balaban J connectivity index is 2.09. The van der Waals surface area contributed by atoms with E-state index in [2.05, 4.69) is 22.0 Å². The topological polar surface area (TPSA) is 29.5 Å². The zero-order valence-corrected chi connectivity index (χ0v) is 12.3. The standard InChI is InChI=1S/C14H13BrO2S/c1-17-14-7-2-11(15)8-10(14)9-18-13-5-3-12(16)4-6-13/h2-8,16H,9H2,1H3. The van der Waals surface area contributed by atoms with Gasteiger partial charge < -0.3 is 9.84 Å². The third kappa shape index (κ3) is 3.43. The van der Waals surface area contributed by atoms with Crippen LogP contribution in [-0.2, 0) is 5.75 Å². The molecule has 0 unspecified atom stereocenters. The van der Waals surface area contributed by atoms with E-state index in [1.165, 1.54) is 0 Å². The van der Waals surface area contributed by atoms with E-state index >= 15 is 0 Å². The summed E-state index contributed by atoms with van der Waals surface area (Å²) in [6.07, 6.45) is 0. The number of hydrogen-bond donors (Lipinski definition) is 1. The summed E-state index contributed by atoms with van der Waals surface area (Å²) in [5.74, 6) is 2.01. The van der Waals surface area contributed by atoms with Crippen LogP contribution in [0, 0.1) is 0 Å². The van der Waals surface area contributed by atoms with Crippen LogP contribution in [0.3, 0.4) is 0 Å². The molecular formula is C14H13BrO2S.